The Morgan fingerprint density at radius 1 is 1.31 bits per heavy atom. The molecule has 3 amide bonds. The second-order valence-electron chi connectivity index (χ2n) is 6.90. The van der Waals surface area contributed by atoms with Gasteiger partial charge in [-0.15, -0.1) is 0 Å². The molecule has 1 fully saturated rings. The van der Waals surface area contributed by atoms with E-state index in [4.69, 9.17) is 11.6 Å². The molecule has 2 atom stereocenters. The molecule has 1 aliphatic heterocycles. The number of carbonyl (C=O) groups excluding carboxylic acids is 2. The molecule has 1 saturated heterocycles. The number of amides is 3. The monoisotopic (exact) mass is 401 g/mol. The SMILES string of the molecule is CC(C)C[C@H](NC(=O)NC1CCS(=O)(=O)C1)C(=O)Nc1cccc(Cl)c1. The summed E-state index contributed by atoms with van der Waals surface area (Å²) in [5, 5.41) is 8.52. The highest BCUT2D eigenvalue weighted by Gasteiger charge is 2.30. The van der Waals surface area contributed by atoms with Crippen molar-refractivity contribution in [3.05, 3.63) is 29.3 Å². The first-order valence-corrected chi connectivity index (χ1v) is 10.7. The van der Waals surface area contributed by atoms with Crippen molar-refractivity contribution in [1.82, 2.24) is 10.6 Å². The number of anilines is 1. The van der Waals surface area contributed by atoms with E-state index >= 15 is 0 Å². The third-order valence-electron chi connectivity index (χ3n) is 3.99. The van der Waals surface area contributed by atoms with Gasteiger partial charge in [-0.05, 0) is 37.0 Å². The third kappa shape index (κ3) is 6.49. The second kappa shape index (κ2) is 8.73. The molecule has 1 heterocycles. The van der Waals surface area contributed by atoms with Crippen molar-refractivity contribution < 1.29 is 18.0 Å². The summed E-state index contributed by atoms with van der Waals surface area (Å²) >= 11 is 5.91. The zero-order valence-corrected chi connectivity index (χ0v) is 16.4. The Labute approximate surface area is 158 Å². The second-order valence-corrected chi connectivity index (χ2v) is 9.56. The van der Waals surface area contributed by atoms with E-state index < -0.39 is 28.0 Å². The molecule has 3 N–H and O–H groups in total. The molecule has 0 aliphatic carbocycles. The van der Waals surface area contributed by atoms with Gasteiger partial charge in [0.15, 0.2) is 9.84 Å². The summed E-state index contributed by atoms with van der Waals surface area (Å²) in [6, 6.07) is 5.04. The summed E-state index contributed by atoms with van der Waals surface area (Å²) in [5.41, 5.74) is 0.542. The van der Waals surface area contributed by atoms with Gasteiger partial charge in [0, 0.05) is 16.8 Å². The zero-order valence-electron chi connectivity index (χ0n) is 14.8. The van der Waals surface area contributed by atoms with Crippen LogP contribution in [0.1, 0.15) is 26.7 Å². The van der Waals surface area contributed by atoms with Crippen LogP contribution >= 0.6 is 11.6 Å². The van der Waals surface area contributed by atoms with E-state index in [0.717, 1.165) is 0 Å². The summed E-state index contributed by atoms with van der Waals surface area (Å²) in [4.78, 5) is 24.7. The van der Waals surface area contributed by atoms with Gasteiger partial charge in [-0.1, -0.05) is 31.5 Å². The topological polar surface area (TPSA) is 104 Å². The van der Waals surface area contributed by atoms with Crippen LogP contribution in [0.2, 0.25) is 5.02 Å². The average Bonchev–Trinajstić information content (AvgIpc) is 2.84. The lowest BCUT2D eigenvalue weighted by atomic mass is 10.0. The Morgan fingerprint density at radius 3 is 2.62 bits per heavy atom. The van der Waals surface area contributed by atoms with Gasteiger partial charge in [-0.3, -0.25) is 4.79 Å². The minimum Gasteiger partial charge on any atom is -0.334 e. The number of benzene rings is 1. The van der Waals surface area contributed by atoms with Crippen molar-refractivity contribution in [1.29, 1.82) is 0 Å². The van der Waals surface area contributed by atoms with Crippen LogP contribution in [0.4, 0.5) is 10.5 Å². The van der Waals surface area contributed by atoms with Crippen LogP contribution in [-0.2, 0) is 14.6 Å². The van der Waals surface area contributed by atoms with Gasteiger partial charge in [0.1, 0.15) is 6.04 Å². The molecule has 1 aromatic rings. The third-order valence-corrected chi connectivity index (χ3v) is 5.99. The Kier molecular flexibility index (Phi) is 6.88. The molecule has 0 bridgehead atoms. The maximum Gasteiger partial charge on any atom is 0.315 e. The molecular formula is C17H24ClN3O4S. The van der Waals surface area contributed by atoms with Gasteiger partial charge in [0.05, 0.1) is 11.5 Å². The molecule has 7 nitrogen and oxygen atoms in total. The van der Waals surface area contributed by atoms with E-state index in [-0.39, 0.29) is 23.3 Å². The van der Waals surface area contributed by atoms with Crippen LogP contribution in [0.15, 0.2) is 24.3 Å². The molecular weight excluding hydrogens is 378 g/mol. The van der Waals surface area contributed by atoms with Crippen molar-refractivity contribution in [2.24, 2.45) is 5.92 Å². The molecule has 1 aliphatic rings. The number of sulfone groups is 1. The van der Waals surface area contributed by atoms with E-state index in [0.29, 0.717) is 23.6 Å². The fourth-order valence-corrected chi connectivity index (χ4v) is 4.66. The molecule has 26 heavy (non-hydrogen) atoms. The predicted octanol–water partition coefficient (Wildman–Crippen LogP) is 2.18. The maximum absolute atomic E-state index is 12.5. The number of nitrogens with one attached hydrogen (secondary N) is 3. The minimum atomic E-state index is -3.08. The normalized spacial score (nSPS) is 19.8. The lowest BCUT2D eigenvalue weighted by Crippen LogP contribution is -2.51. The molecule has 0 saturated carbocycles. The highest BCUT2D eigenvalue weighted by atomic mass is 35.5. The Hall–Kier alpha value is -1.80. The van der Waals surface area contributed by atoms with Crippen molar-refractivity contribution in [2.75, 3.05) is 16.8 Å². The molecule has 144 valence electrons. The first-order valence-electron chi connectivity index (χ1n) is 8.48. The number of carbonyl (C=O) groups is 2. The van der Waals surface area contributed by atoms with E-state index in [2.05, 4.69) is 16.0 Å². The molecule has 1 aromatic carbocycles. The number of halogens is 1. The van der Waals surface area contributed by atoms with Crippen LogP contribution in [0.25, 0.3) is 0 Å². The van der Waals surface area contributed by atoms with Gasteiger partial charge in [0.25, 0.3) is 0 Å². The quantitative estimate of drug-likeness (QED) is 0.679. The largest absolute Gasteiger partial charge is 0.334 e. The Morgan fingerprint density at radius 2 is 2.04 bits per heavy atom. The number of rotatable bonds is 6. The number of urea groups is 1. The van der Waals surface area contributed by atoms with Crippen LogP contribution in [0.3, 0.4) is 0 Å². The van der Waals surface area contributed by atoms with E-state index in [1.807, 2.05) is 13.8 Å². The molecule has 0 aromatic heterocycles. The van der Waals surface area contributed by atoms with Crippen LogP contribution in [0, 0.1) is 5.92 Å². The number of hydrogen-bond acceptors (Lipinski definition) is 4. The smallest absolute Gasteiger partial charge is 0.315 e. The Bertz CT molecular complexity index is 767. The lowest BCUT2D eigenvalue weighted by Gasteiger charge is -2.21. The first-order chi connectivity index (χ1) is 12.1. The van der Waals surface area contributed by atoms with Crippen LogP contribution in [-0.4, -0.2) is 43.9 Å². The van der Waals surface area contributed by atoms with Gasteiger partial charge in [-0.25, -0.2) is 13.2 Å². The van der Waals surface area contributed by atoms with Crippen molar-refractivity contribution in [3.63, 3.8) is 0 Å². The lowest BCUT2D eigenvalue weighted by molar-refractivity contribution is -0.118. The number of hydrogen-bond donors (Lipinski definition) is 3. The van der Waals surface area contributed by atoms with Gasteiger partial charge < -0.3 is 16.0 Å². The van der Waals surface area contributed by atoms with Crippen LogP contribution < -0.4 is 16.0 Å². The first kappa shape index (κ1) is 20.5. The predicted molar refractivity (Wildman–Crippen MR) is 102 cm³/mol. The van der Waals surface area contributed by atoms with E-state index in [9.17, 15) is 18.0 Å². The molecule has 2 rings (SSSR count). The minimum absolute atomic E-state index is 0.0655. The maximum atomic E-state index is 12.5. The fourth-order valence-electron chi connectivity index (χ4n) is 2.79. The fraction of sp³-hybridized carbons (Fsp3) is 0.529. The summed E-state index contributed by atoms with van der Waals surface area (Å²) in [5.74, 6) is -0.167. The molecule has 0 radical (unpaired) electrons. The van der Waals surface area contributed by atoms with Crippen molar-refractivity contribution in [3.8, 4) is 0 Å². The summed E-state index contributed by atoms with van der Waals surface area (Å²) in [6.07, 6.45) is 0.835. The van der Waals surface area contributed by atoms with E-state index in [1.165, 1.54) is 0 Å². The van der Waals surface area contributed by atoms with E-state index in [1.54, 1.807) is 24.3 Å². The summed E-state index contributed by atoms with van der Waals surface area (Å²) in [6.45, 7) is 3.89. The van der Waals surface area contributed by atoms with Crippen LogP contribution in [0.5, 0.6) is 0 Å². The Balaban J connectivity index is 1.97. The standard InChI is InChI=1S/C17H24ClN3O4S/c1-11(2)8-15(16(22)19-13-5-3-4-12(18)9-13)21-17(23)20-14-6-7-26(24,25)10-14/h3-5,9,11,14-15H,6-8,10H2,1-2H3,(H,19,22)(H2,20,21,23)/t14?,15-/m0/s1. The molecule has 1 unspecified atom stereocenters. The highest BCUT2D eigenvalue weighted by molar-refractivity contribution is 7.91. The average molecular weight is 402 g/mol. The van der Waals surface area contributed by atoms with Crippen molar-refractivity contribution in [2.45, 2.75) is 38.8 Å². The van der Waals surface area contributed by atoms with Gasteiger partial charge >= 0.3 is 6.03 Å². The summed E-state index contributed by atoms with van der Waals surface area (Å²) < 4.78 is 23.0. The van der Waals surface area contributed by atoms with Gasteiger partial charge in [0.2, 0.25) is 5.91 Å². The highest BCUT2D eigenvalue weighted by Crippen LogP contribution is 2.16. The molecule has 0 spiro atoms. The molecule has 9 heteroatoms. The van der Waals surface area contributed by atoms with Crippen molar-refractivity contribution >= 4 is 39.1 Å². The zero-order chi connectivity index (χ0) is 19.3. The van der Waals surface area contributed by atoms with Gasteiger partial charge in [-0.2, -0.15) is 0 Å². The summed E-state index contributed by atoms with van der Waals surface area (Å²) in [7, 11) is -3.08.